The van der Waals surface area contributed by atoms with Crippen molar-refractivity contribution in [3.8, 4) is 0 Å². The Morgan fingerprint density at radius 2 is 1.48 bits per heavy atom. The van der Waals surface area contributed by atoms with E-state index in [0.29, 0.717) is 35.2 Å². The molecule has 0 aliphatic carbocycles. The quantitative estimate of drug-likeness (QED) is 0.104. The number of aliphatic hydroxyl groups excluding tert-OH is 1. The number of halogens is 5. The molecule has 0 amide bonds. The highest BCUT2D eigenvalue weighted by molar-refractivity contribution is 6.99. The van der Waals surface area contributed by atoms with Crippen LogP contribution in [0, 0.1) is 23.4 Å². The maximum Gasteiger partial charge on any atom is 0.282 e. The van der Waals surface area contributed by atoms with E-state index in [4.69, 9.17) is 4.43 Å². The number of fused-ring (bicyclic) bond motifs is 3. The van der Waals surface area contributed by atoms with E-state index in [2.05, 4.69) is 10.3 Å². The van der Waals surface area contributed by atoms with Gasteiger partial charge in [0.25, 0.3) is 14.2 Å². The molecule has 2 aliphatic heterocycles. The Labute approximate surface area is 302 Å². The summed E-state index contributed by atoms with van der Waals surface area (Å²) in [5.41, 5.74) is 1.17. The lowest BCUT2D eigenvalue weighted by Crippen LogP contribution is -2.67. The number of hydrogen-bond donors (Lipinski definition) is 3. The first-order valence-corrected chi connectivity index (χ1v) is 19.7. The standard InChI is InChI=1S/C41H44F5N3O2Si/c1-25-17-32-31-20-28(42)15-16-35(31)48-37(32)38(36-33(43)18-26(19-34(36)44)39(50)27-21-47-22-27)49(25)23-41(45,46)24-51-52(40(2,3)4,29-11-7-5-8-12-29)30-13-9-6-10-14-30/h5-16,18-20,25,27,38-39,47-48,50H,17,21-24H2,1-4H3/t25-,38-,39?/m1/s1. The number of hydrogen-bond acceptors (Lipinski definition) is 4. The van der Waals surface area contributed by atoms with Gasteiger partial charge in [-0.1, -0.05) is 81.4 Å². The van der Waals surface area contributed by atoms with Crippen molar-refractivity contribution in [2.45, 2.75) is 63.3 Å². The molecule has 0 bridgehead atoms. The summed E-state index contributed by atoms with van der Waals surface area (Å²) in [6, 6.07) is 23.5. The minimum Gasteiger partial charge on any atom is -0.401 e. The number of nitrogens with zero attached hydrogens (tertiary/aromatic N) is 1. The molecule has 3 atom stereocenters. The van der Waals surface area contributed by atoms with E-state index in [-0.39, 0.29) is 17.9 Å². The van der Waals surface area contributed by atoms with Gasteiger partial charge in [0, 0.05) is 47.2 Å². The average Bonchev–Trinajstić information content (AvgIpc) is 3.42. The molecule has 7 rings (SSSR count). The smallest absolute Gasteiger partial charge is 0.282 e. The van der Waals surface area contributed by atoms with Gasteiger partial charge in [0.1, 0.15) is 17.5 Å². The van der Waals surface area contributed by atoms with Gasteiger partial charge in [-0.15, -0.1) is 0 Å². The molecule has 3 heterocycles. The summed E-state index contributed by atoms with van der Waals surface area (Å²) < 4.78 is 87.2. The van der Waals surface area contributed by atoms with E-state index in [9.17, 15) is 9.50 Å². The van der Waals surface area contributed by atoms with Crippen molar-refractivity contribution < 1.29 is 31.5 Å². The van der Waals surface area contributed by atoms with Crippen molar-refractivity contribution in [2.24, 2.45) is 5.92 Å². The Balaban J connectivity index is 1.29. The largest absolute Gasteiger partial charge is 0.401 e. The molecule has 52 heavy (non-hydrogen) atoms. The van der Waals surface area contributed by atoms with Crippen LogP contribution in [0.4, 0.5) is 22.0 Å². The van der Waals surface area contributed by atoms with Crippen LogP contribution in [0.5, 0.6) is 0 Å². The predicted octanol–water partition coefficient (Wildman–Crippen LogP) is 7.39. The first-order chi connectivity index (χ1) is 24.7. The minimum absolute atomic E-state index is 0.0867. The monoisotopic (exact) mass is 733 g/mol. The third-order valence-electron chi connectivity index (χ3n) is 10.9. The van der Waals surface area contributed by atoms with Gasteiger partial charge < -0.3 is 19.8 Å². The summed E-state index contributed by atoms with van der Waals surface area (Å²) in [5.74, 6) is -6.04. The molecule has 11 heteroatoms. The Kier molecular flexibility index (Phi) is 9.71. The molecule has 5 nitrogen and oxygen atoms in total. The second-order valence-corrected chi connectivity index (χ2v) is 19.7. The molecular formula is C41H44F5N3O2Si. The van der Waals surface area contributed by atoms with E-state index in [1.54, 1.807) is 13.0 Å². The van der Waals surface area contributed by atoms with E-state index >= 15 is 17.6 Å². The molecule has 274 valence electrons. The molecular weight excluding hydrogens is 690 g/mol. The van der Waals surface area contributed by atoms with Crippen LogP contribution in [0.25, 0.3) is 10.9 Å². The molecule has 3 N–H and O–H groups in total. The minimum atomic E-state index is -3.46. The lowest BCUT2D eigenvalue weighted by atomic mass is 9.86. The van der Waals surface area contributed by atoms with Crippen molar-refractivity contribution in [1.29, 1.82) is 0 Å². The van der Waals surface area contributed by atoms with Gasteiger partial charge in [-0.05, 0) is 70.2 Å². The topological polar surface area (TPSA) is 60.5 Å². The van der Waals surface area contributed by atoms with Crippen molar-refractivity contribution in [3.63, 3.8) is 0 Å². The van der Waals surface area contributed by atoms with Gasteiger partial charge in [-0.3, -0.25) is 4.90 Å². The molecule has 4 aromatic carbocycles. The Hall–Kier alpha value is -3.87. The summed E-state index contributed by atoms with van der Waals surface area (Å²) in [4.78, 5) is 4.63. The number of aliphatic hydroxyl groups is 1. The van der Waals surface area contributed by atoms with Crippen molar-refractivity contribution in [1.82, 2.24) is 15.2 Å². The number of nitrogens with one attached hydrogen (secondary N) is 2. The van der Waals surface area contributed by atoms with Gasteiger partial charge >= 0.3 is 0 Å². The fourth-order valence-corrected chi connectivity index (χ4v) is 12.8. The SMILES string of the molecule is C[C@@H]1Cc2c([nH]c3ccc(F)cc23)[C@@H](c2c(F)cc(C(O)C3CNC3)cc2F)N1CC(F)(F)CO[Si](c1ccccc1)(c1ccccc1)C(C)(C)C. The lowest BCUT2D eigenvalue weighted by molar-refractivity contribution is -0.0825. The fourth-order valence-electron chi connectivity index (χ4n) is 8.21. The van der Waals surface area contributed by atoms with Crippen LogP contribution in [0.1, 0.15) is 62.2 Å². The van der Waals surface area contributed by atoms with Crippen molar-refractivity contribution >= 4 is 29.6 Å². The van der Waals surface area contributed by atoms with E-state index in [1.165, 1.54) is 17.0 Å². The van der Waals surface area contributed by atoms with Crippen LogP contribution < -0.4 is 15.7 Å². The van der Waals surface area contributed by atoms with Gasteiger partial charge in [-0.2, -0.15) is 0 Å². The highest BCUT2D eigenvalue weighted by Gasteiger charge is 2.53. The second-order valence-electron chi connectivity index (χ2n) is 15.4. The van der Waals surface area contributed by atoms with Gasteiger partial charge in [0.05, 0.1) is 25.3 Å². The van der Waals surface area contributed by atoms with Gasteiger partial charge in [-0.25, -0.2) is 22.0 Å². The molecule has 1 unspecified atom stereocenters. The Morgan fingerprint density at radius 3 is 2.02 bits per heavy atom. The van der Waals surface area contributed by atoms with Crippen LogP contribution in [0.2, 0.25) is 5.04 Å². The van der Waals surface area contributed by atoms with Gasteiger partial charge in [0.15, 0.2) is 0 Å². The zero-order valence-corrected chi connectivity index (χ0v) is 30.7. The molecule has 2 aliphatic rings. The van der Waals surface area contributed by atoms with Crippen LogP contribution in [-0.2, 0) is 10.8 Å². The summed E-state index contributed by atoms with van der Waals surface area (Å²) in [5, 5.41) is 15.6. The normalized spacial score (nSPS) is 19.4. The van der Waals surface area contributed by atoms with Crippen molar-refractivity contribution in [2.75, 3.05) is 26.2 Å². The van der Waals surface area contributed by atoms with Crippen LogP contribution >= 0.6 is 0 Å². The average molecular weight is 734 g/mol. The third kappa shape index (κ3) is 6.51. The molecule has 0 radical (unpaired) electrons. The van der Waals surface area contributed by atoms with Crippen molar-refractivity contribution in [3.05, 3.63) is 131 Å². The van der Waals surface area contributed by atoms with E-state index in [0.717, 1.165) is 22.5 Å². The first-order valence-electron chi connectivity index (χ1n) is 17.8. The predicted molar refractivity (Wildman–Crippen MR) is 196 cm³/mol. The highest BCUT2D eigenvalue weighted by Crippen LogP contribution is 2.45. The number of H-pyrrole nitrogens is 1. The van der Waals surface area contributed by atoms with Crippen LogP contribution in [-0.4, -0.2) is 61.5 Å². The molecule has 1 fully saturated rings. The maximum atomic E-state index is 16.7. The first kappa shape index (κ1) is 36.5. The number of aromatic amines is 1. The zero-order valence-electron chi connectivity index (χ0n) is 29.7. The molecule has 0 saturated carbocycles. The summed E-state index contributed by atoms with van der Waals surface area (Å²) in [6.07, 6.45) is -0.842. The highest BCUT2D eigenvalue weighted by atomic mass is 28.4. The molecule has 0 spiro atoms. The summed E-state index contributed by atoms with van der Waals surface area (Å²) in [6.45, 7) is 7.00. The third-order valence-corrected chi connectivity index (χ3v) is 15.9. The summed E-state index contributed by atoms with van der Waals surface area (Å²) >= 11 is 0. The number of alkyl halides is 2. The molecule has 5 aromatic rings. The van der Waals surface area contributed by atoms with Crippen LogP contribution in [0.15, 0.2) is 91.0 Å². The number of aromatic nitrogens is 1. The Bertz CT molecular complexity index is 1990. The Morgan fingerprint density at radius 1 is 0.885 bits per heavy atom. The number of rotatable bonds is 10. The maximum absolute atomic E-state index is 16.7. The van der Waals surface area contributed by atoms with E-state index < -0.39 is 73.6 Å². The molecule has 1 saturated heterocycles. The zero-order chi connectivity index (χ0) is 37.0. The number of benzene rings is 4. The van der Waals surface area contributed by atoms with E-state index in [1.807, 2.05) is 81.4 Å². The lowest BCUT2D eigenvalue weighted by Gasteiger charge is -2.45. The molecule has 1 aromatic heterocycles. The fraction of sp³-hybridized carbons (Fsp3) is 0.366. The second kappa shape index (κ2) is 13.8. The summed E-state index contributed by atoms with van der Waals surface area (Å²) in [7, 11) is -3.34. The van der Waals surface area contributed by atoms with Gasteiger partial charge in [0.2, 0.25) is 0 Å². The van der Waals surface area contributed by atoms with Crippen LogP contribution in [0.3, 0.4) is 0 Å².